The molecule has 0 atom stereocenters. The van der Waals surface area contributed by atoms with Crippen LogP contribution in [0, 0.1) is 5.82 Å². The molecule has 1 aromatic carbocycles. The Balaban J connectivity index is 2.21. The first-order valence-electron chi connectivity index (χ1n) is 6.13. The Labute approximate surface area is 133 Å². The Morgan fingerprint density at radius 3 is 2.75 bits per heavy atom. The first-order chi connectivity index (χ1) is 9.51. The van der Waals surface area contributed by atoms with E-state index in [-0.39, 0.29) is 11.7 Å². The Bertz CT molecular complexity index is 640. The molecule has 0 fully saturated rings. The van der Waals surface area contributed by atoms with Gasteiger partial charge in [0, 0.05) is 22.9 Å². The predicted molar refractivity (Wildman–Crippen MR) is 84.5 cm³/mol. The summed E-state index contributed by atoms with van der Waals surface area (Å²) in [5, 5.41) is 2.76. The van der Waals surface area contributed by atoms with Crippen molar-refractivity contribution in [3.63, 3.8) is 0 Å². The molecule has 6 heteroatoms. The average molecular weight is 404 g/mol. The summed E-state index contributed by atoms with van der Waals surface area (Å²) < 4.78 is 16.2. The van der Waals surface area contributed by atoms with Crippen LogP contribution in [0.1, 0.15) is 23.8 Å². The number of carbonyl (C=O) groups excluding carboxylic acids is 1. The van der Waals surface area contributed by atoms with Crippen molar-refractivity contribution in [2.75, 3.05) is 5.32 Å². The smallest absolute Gasteiger partial charge is 0.272 e. The summed E-state index contributed by atoms with van der Waals surface area (Å²) in [5.74, 6) is -0.581. The fourth-order valence-corrected chi connectivity index (χ4v) is 2.70. The Kier molecular flexibility index (Phi) is 4.99. The number of carbonyl (C=O) groups is 1. The number of rotatable bonds is 4. The number of halogens is 3. The first kappa shape index (κ1) is 15.3. The number of nitrogens with one attached hydrogen (secondary N) is 1. The third kappa shape index (κ3) is 3.49. The minimum Gasteiger partial charge on any atom is -0.342 e. The molecule has 0 aliphatic heterocycles. The van der Waals surface area contributed by atoms with Crippen LogP contribution in [0.3, 0.4) is 0 Å². The third-order valence-corrected chi connectivity index (χ3v) is 3.78. The molecule has 1 heterocycles. The van der Waals surface area contributed by atoms with E-state index in [0.717, 1.165) is 17.4 Å². The summed E-state index contributed by atoms with van der Waals surface area (Å²) in [4.78, 5) is 12.3. The molecular formula is C14H13Br2FN2O. The molecule has 1 N–H and O–H groups in total. The Hall–Kier alpha value is -1.14. The molecule has 0 radical (unpaired) electrons. The average Bonchev–Trinajstić information content (AvgIpc) is 2.75. The van der Waals surface area contributed by atoms with E-state index in [0.29, 0.717) is 15.9 Å². The highest BCUT2D eigenvalue weighted by Gasteiger charge is 2.13. The topological polar surface area (TPSA) is 34.0 Å². The molecule has 2 aromatic rings. The van der Waals surface area contributed by atoms with Gasteiger partial charge < -0.3 is 9.88 Å². The van der Waals surface area contributed by atoms with Crippen molar-refractivity contribution < 1.29 is 9.18 Å². The van der Waals surface area contributed by atoms with Gasteiger partial charge in [0.1, 0.15) is 11.5 Å². The number of anilines is 1. The van der Waals surface area contributed by atoms with E-state index < -0.39 is 0 Å². The number of aromatic nitrogens is 1. The molecule has 0 spiro atoms. The largest absolute Gasteiger partial charge is 0.342 e. The number of hydrogen-bond donors (Lipinski definition) is 1. The van der Waals surface area contributed by atoms with Gasteiger partial charge in [0.05, 0.1) is 4.47 Å². The fourth-order valence-electron chi connectivity index (χ4n) is 1.86. The van der Waals surface area contributed by atoms with Gasteiger partial charge in [-0.1, -0.05) is 6.92 Å². The molecule has 0 saturated heterocycles. The normalized spacial score (nSPS) is 10.6. The van der Waals surface area contributed by atoms with Crippen molar-refractivity contribution in [1.82, 2.24) is 4.57 Å². The second kappa shape index (κ2) is 6.54. The second-order valence-electron chi connectivity index (χ2n) is 4.32. The summed E-state index contributed by atoms with van der Waals surface area (Å²) in [5.41, 5.74) is 1.11. The van der Waals surface area contributed by atoms with E-state index in [9.17, 15) is 9.18 Å². The van der Waals surface area contributed by atoms with Gasteiger partial charge in [-0.15, -0.1) is 0 Å². The van der Waals surface area contributed by atoms with E-state index in [1.165, 1.54) is 18.2 Å². The maximum absolute atomic E-state index is 13.2. The van der Waals surface area contributed by atoms with Crippen LogP contribution in [0.25, 0.3) is 0 Å². The third-order valence-electron chi connectivity index (χ3n) is 2.74. The lowest BCUT2D eigenvalue weighted by molar-refractivity contribution is 0.101. The van der Waals surface area contributed by atoms with Gasteiger partial charge in [-0.2, -0.15) is 0 Å². The predicted octanol–water partition coefficient (Wildman–Crippen LogP) is 4.81. The Morgan fingerprint density at radius 2 is 2.10 bits per heavy atom. The zero-order chi connectivity index (χ0) is 14.7. The molecule has 106 valence electrons. The van der Waals surface area contributed by atoms with Crippen LogP contribution >= 0.6 is 31.9 Å². The van der Waals surface area contributed by atoms with Crippen LogP contribution in [0.15, 0.2) is 39.4 Å². The minimum absolute atomic E-state index is 0.220. The summed E-state index contributed by atoms with van der Waals surface area (Å²) in [6.45, 7) is 2.81. The zero-order valence-electron chi connectivity index (χ0n) is 10.8. The van der Waals surface area contributed by atoms with Crippen LogP contribution in [0.2, 0.25) is 0 Å². The van der Waals surface area contributed by atoms with Gasteiger partial charge in [-0.25, -0.2) is 4.39 Å². The molecular weight excluding hydrogens is 391 g/mol. The molecule has 0 aliphatic rings. The van der Waals surface area contributed by atoms with Crippen LogP contribution in [0.4, 0.5) is 10.1 Å². The fraction of sp³-hybridized carbons (Fsp3) is 0.214. The van der Waals surface area contributed by atoms with Gasteiger partial charge in [0.25, 0.3) is 5.91 Å². The first-order valence-corrected chi connectivity index (χ1v) is 7.72. The molecule has 0 unspecified atom stereocenters. The highest BCUT2D eigenvalue weighted by molar-refractivity contribution is 9.10. The van der Waals surface area contributed by atoms with Crippen molar-refractivity contribution in [1.29, 1.82) is 0 Å². The van der Waals surface area contributed by atoms with Crippen LogP contribution in [-0.2, 0) is 6.54 Å². The quantitative estimate of drug-likeness (QED) is 0.780. The molecule has 0 saturated carbocycles. The lowest BCUT2D eigenvalue weighted by Crippen LogP contribution is -2.16. The second-order valence-corrected chi connectivity index (χ2v) is 6.09. The van der Waals surface area contributed by atoms with Crippen molar-refractivity contribution >= 4 is 43.5 Å². The minimum atomic E-state index is -0.361. The van der Waals surface area contributed by atoms with Gasteiger partial charge in [0.15, 0.2) is 0 Å². The molecule has 2 rings (SSSR count). The van der Waals surface area contributed by atoms with Crippen molar-refractivity contribution in [3.8, 4) is 0 Å². The summed E-state index contributed by atoms with van der Waals surface area (Å²) in [6, 6.07) is 6.14. The maximum atomic E-state index is 13.2. The van der Waals surface area contributed by atoms with E-state index in [2.05, 4.69) is 37.2 Å². The molecule has 0 aliphatic carbocycles. The monoisotopic (exact) mass is 402 g/mol. The maximum Gasteiger partial charge on any atom is 0.272 e. The number of amides is 1. The van der Waals surface area contributed by atoms with E-state index in [1.807, 2.05) is 17.7 Å². The summed E-state index contributed by atoms with van der Waals surface area (Å²) in [6.07, 6.45) is 2.81. The van der Waals surface area contributed by atoms with Gasteiger partial charge >= 0.3 is 0 Å². The lowest BCUT2D eigenvalue weighted by Gasteiger charge is -2.09. The van der Waals surface area contributed by atoms with Crippen LogP contribution in [-0.4, -0.2) is 10.5 Å². The molecule has 20 heavy (non-hydrogen) atoms. The van der Waals surface area contributed by atoms with Crippen LogP contribution in [0.5, 0.6) is 0 Å². The van der Waals surface area contributed by atoms with Crippen molar-refractivity contribution in [3.05, 3.63) is 50.9 Å². The zero-order valence-corrected chi connectivity index (χ0v) is 14.0. The molecule has 0 bridgehead atoms. The summed E-state index contributed by atoms with van der Waals surface area (Å²) >= 11 is 6.47. The summed E-state index contributed by atoms with van der Waals surface area (Å²) in [7, 11) is 0. The van der Waals surface area contributed by atoms with Gasteiger partial charge in [-0.3, -0.25) is 4.79 Å². The number of hydrogen-bond acceptors (Lipinski definition) is 1. The Morgan fingerprint density at radius 1 is 1.35 bits per heavy atom. The lowest BCUT2D eigenvalue weighted by atomic mass is 10.3. The SMILES string of the molecule is CCCn1cc(Br)cc1C(=O)Nc1ccc(F)c(Br)c1. The van der Waals surface area contributed by atoms with E-state index in [4.69, 9.17) is 0 Å². The molecule has 1 amide bonds. The van der Waals surface area contributed by atoms with E-state index >= 15 is 0 Å². The highest BCUT2D eigenvalue weighted by atomic mass is 79.9. The van der Waals surface area contributed by atoms with Crippen molar-refractivity contribution in [2.24, 2.45) is 0 Å². The molecule has 3 nitrogen and oxygen atoms in total. The van der Waals surface area contributed by atoms with Crippen molar-refractivity contribution in [2.45, 2.75) is 19.9 Å². The number of benzene rings is 1. The van der Waals surface area contributed by atoms with E-state index in [1.54, 1.807) is 6.07 Å². The standard InChI is InChI=1S/C14H13Br2FN2O/c1-2-5-19-8-9(15)6-13(19)14(20)18-10-3-4-12(17)11(16)7-10/h3-4,6-8H,2,5H2,1H3,(H,18,20). The van der Waals surface area contributed by atoms with Crippen LogP contribution < -0.4 is 5.32 Å². The highest BCUT2D eigenvalue weighted by Crippen LogP contribution is 2.21. The number of aryl methyl sites for hydroxylation is 1. The van der Waals surface area contributed by atoms with Gasteiger partial charge in [0.2, 0.25) is 0 Å². The van der Waals surface area contributed by atoms with Gasteiger partial charge in [-0.05, 0) is 62.5 Å². The number of nitrogens with zero attached hydrogens (tertiary/aromatic N) is 1. The molecule has 1 aromatic heterocycles.